The Labute approximate surface area is 144 Å². The summed E-state index contributed by atoms with van der Waals surface area (Å²) < 4.78 is 18.3. The monoisotopic (exact) mass is 337 g/mol. The molecule has 25 heavy (non-hydrogen) atoms. The Bertz CT molecular complexity index is 899. The Morgan fingerprint density at radius 3 is 2.56 bits per heavy atom. The molecule has 1 amide bonds. The summed E-state index contributed by atoms with van der Waals surface area (Å²) in [6.45, 7) is 1.61. The Balaban J connectivity index is 1.61. The SMILES string of the molecule is O=C(c1cccc(-c2noc(-c3ccc(F)cc3)n2)c1)N1CCCC1. The van der Waals surface area contributed by atoms with E-state index in [1.807, 2.05) is 17.0 Å². The topological polar surface area (TPSA) is 59.2 Å². The van der Waals surface area contributed by atoms with Crippen molar-refractivity contribution in [3.63, 3.8) is 0 Å². The molecule has 0 bridgehead atoms. The molecule has 1 aliphatic heterocycles. The van der Waals surface area contributed by atoms with Gasteiger partial charge in [0.2, 0.25) is 5.82 Å². The molecule has 126 valence electrons. The maximum absolute atomic E-state index is 13.0. The molecule has 0 radical (unpaired) electrons. The lowest BCUT2D eigenvalue weighted by Gasteiger charge is -2.15. The number of likely N-dealkylation sites (tertiary alicyclic amines) is 1. The molecule has 6 heteroatoms. The van der Waals surface area contributed by atoms with Gasteiger partial charge in [-0.2, -0.15) is 4.98 Å². The Morgan fingerprint density at radius 2 is 1.80 bits per heavy atom. The van der Waals surface area contributed by atoms with Crippen LogP contribution in [0.5, 0.6) is 0 Å². The molecule has 0 atom stereocenters. The van der Waals surface area contributed by atoms with Crippen LogP contribution in [0.15, 0.2) is 53.1 Å². The van der Waals surface area contributed by atoms with E-state index in [0.29, 0.717) is 28.4 Å². The van der Waals surface area contributed by atoms with E-state index in [2.05, 4.69) is 10.1 Å². The normalized spacial score (nSPS) is 14.0. The van der Waals surface area contributed by atoms with Crippen molar-refractivity contribution in [2.45, 2.75) is 12.8 Å². The summed E-state index contributed by atoms with van der Waals surface area (Å²) >= 11 is 0. The maximum atomic E-state index is 13.0. The molecular weight excluding hydrogens is 321 g/mol. The Kier molecular flexibility index (Phi) is 4.01. The third kappa shape index (κ3) is 3.15. The van der Waals surface area contributed by atoms with Crippen LogP contribution in [-0.4, -0.2) is 34.0 Å². The third-order valence-corrected chi connectivity index (χ3v) is 4.28. The molecule has 1 saturated heterocycles. The van der Waals surface area contributed by atoms with E-state index in [4.69, 9.17) is 4.52 Å². The van der Waals surface area contributed by atoms with E-state index in [0.717, 1.165) is 25.9 Å². The molecule has 2 heterocycles. The molecule has 2 aromatic carbocycles. The number of carbonyl (C=O) groups is 1. The zero-order valence-corrected chi connectivity index (χ0v) is 13.5. The van der Waals surface area contributed by atoms with Crippen molar-refractivity contribution in [3.8, 4) is 22.8 Å². The number of aromatic nitrogens is 2. The molecule has 4 rings (SSSR count). The molecule has 0 N–H and O–H groups in total. The highest BCUT2D eigenvalue weighted by Gasteiger charge is 2.20. The second kappa shape index (κ2) is 6.47. The van der Waals surface area contributed by atoms with Gasteiger partial charge in [-0.3, -0.25) is 4.79 Å². The molecule has 0 unspecified atom stereocenters. The van der Waals surface area contributed by atoms with Gasteiger partial charge in [0.1, 0.15) is 5.82 Å². The van der Waals surface area contributed by atoms with E-state index < -0.39 is 0 Å². The van der Waals surface area contributed by atoms with E-state index in [1.54, 1.807) is 24.3 Å². The van der Waals surface area contributed by atoms with Crippen LogP contribution >= 0.6 is 0 Å². The van der Waals surface area contributed by atoms with Crippen LogP contribution < -0.4 is 0 Å². The second-order valence-corrected chi connectivity index (χ2v) is 6.01. The summed E-state index contributed by atoms with van der Waals surface area (Å²) in [7, 11) is 0. The Morgan fingerprint density at radius 1 is 1.04 bits per heavy atom. The van der Waals surface area contributed by atoms with Crippen molar-refractivity contribution >= 4 is 5.91 Å². The van der Waals surface area contributed by atoms with Crippen LogP contribution in [0.25, 0.3) is 22.8 Å². The first kappa shape index (κ1) is 15.5. The minimum absolute atomic E-state index is 0.0293. The number of hydrogen-bond donors (Lipinski definition) is 0. The van der Waals surface area contributed by atoms with Crippen molar-refractivity contribution in [1.29, 1.82) is 0 Å². The first-order valence-electron chi connectivity index (χ1n) is 8.20. The van der Waals surface area contributed by atoms with Crippen LogP contribution in [0, 0.1) is 5.82 Å². The van der Waals surface area contributed by atoms with Gasteiger partial charge in [-0.25, -0.2) is 4.39 Å². The molecule has 1 aliphatic rings. The molecule has 1 fully saturated rings. The fourth-order valence-corrected chi connectivity index (χ4v) is 2.94. The van der Waals surface area contributed by atoms with Gasteiger partial charge in [-0.05, 0) is 49.2 Å². The van der Waals surface area contributed by atoms with E-state index in [9.17, 15) is 9.18 Å². The van der Waals surface area contributed by atoms with Gasteiger partial charge in [0.15, 0.2) is 0 Å². The summed E-state index contributed by atoms with van der Waals surface area (Å²) in [5.41, 5.74) is 1.97. The lowest BCUT2D eigenvalue weighted by atomic mass is 10.1. The minimum Gasteiger partial charge on any atom is -0.339 e. The number of nitrogens with zero attached hydrogens (tertiary/aromatic N) is 3. The van der Waals surface area contributed by atoms with Crippen molar-refractivity contribution in [2.75, 3.05) is 13.1 Å². The summed E-state index contributed by atoms with van der Waals surface area (Å²) in [4.78, 5) is 18.7. The van der Waals surface area contributed by atoms with Crippen LogP contribution in [0.4, 0.5) is 4.39 Å². The predicted octanol–water partition coefficient (Wildman–Crippen LogP) is 3.78. The van der Waals surface area contributed by atoms with Crippen LogP contribution in [-0.2, 0) is 0 Å². The molecule has 0 aliphatic carbocycles. The number of halogens is 1. The van der Waals surface area contributed by atoms with Gasteiger partial charge in [-0.1, -0.05) is 17.3 Å². The van der Waals surface area contributed by atoms with Gasteiger partial charge >= 0.3 is 0 Å². The highest BCUT2D eigenvalue weighted by molar-refractivity contribution is 5.95. The Hall–Kier alpha value is -3.02. The average Bonchev–Trinajstić information content (AvgIpc) is 3.34. The summed E-state index contributed by atoms with van der Waals surface area (Å²) in [5, 5.41) is 3.98. The molecule has 0 spiro atoms. The maximum Gasteiger partial charge on any atom is 0.258 e. The van der Waals surface area contributed by atoms with E-state index >= 15 is 0 Å². The molecule has 3 aromatic rings. The molecule has 0 saturated carbocycles. The van der Waals surface area contributed by atoms with Crippen molar-refractivity contribution < 1.29 is 13.7 Å². The van der Waals surface area contributed by atoms with Gasteiger partial charge < -0.3 is 9.42 Å². The highest BCUT2D eigenvalue weighted by atomic mass is 19.1. The van der Waals surface area contributed by atoms with Crippen molar-refractivity contribution in [2.24, 2.45) is 0 Å². The number of benzene rings is 2. The summed E-state index contributed by atoms with van der Waals surface area (Å²) in [5.74, 6) is 0.417. The number of rotatable bonds is 3. The van der Waals surface area contributed by atoms with Gasteiger partial charge in [0.25, 0.3) is 11.8 Å². The van der Waals surface area contributed by atoms with Gasteiger partial charge in [0, 0.05) is 29.8 Å². The number of amides is 1. The van der Waals surface area contributed by atoms with Crippen LogP contribution in [0.2, 0.25) is 0 Å². The standard InChI is InChI=1S/C19H16FN3O2/c20-16-8-6-13(7-9-16)18-21-17(22-25-18)14-4-3-5-15(12-14)19(24)23-10-1-2-11-23/h3-9,12H,1-2,10-11H2. The van der Waals surface area contributed by atoms with Gasteiger partial charge in [-0.15, -0.1) is 0 Å². The summed E-state index contributed by atoms with van der Waals surface area (Å²) in [6.07, 6.45) is 2.11. The van der Waals surface area contributed by atoms with E-state index in [1.165, 1.54) is 12.1 Å². The molecular formula is C19H16FN3O2. The highest BCUT2D eigenvalue weighted by Crippen LogP contribution is 2.24. The fraction of sp³-hybridized carbons (Fsp3) is 0.211. The van der Waals surface area contributed by atoms with Crippen molar-refractivity contribution in [1.82, 2.24) is 15.0 Å². The number of carbonyl (C=O) groups excluding carboxylic acids is 1. The third-order valence-electron chi connectivity index (χ3n) is 4.28. The van der Waals surface area contributed by atoms with E-state index in [-0.39, 0.29) is 11.7 Å². The average molecular weight is 337 g/mol. The zero-order chi connectivity index (χ0) is 17.2. The fourth-order valence-electron chi connectivity index (χ4n) is 2.94. The first-order valence-corrected chi connectivity index (χ1v) is 8.20. The molecule has 5 nitrogen and oxygen atoms in total. The smallest absolute Gasteiger partial charge is 0.258 e. The number of hydrogen-bond acceptors (Lipinski definition) is 4. The largest absolute Gasteiger partial charge is 0.339 e. The van der Waals surface area contributed by atoms with Crippen LogP contribution in [0.3, 0.4) is 0 Å². The zero-order valence-electron chi connectivity index (χ0n) is 13.5. The van der Waals surface area contributed by atoms with Crippen molar-refractivity contribution in [3.05, 3.63) is 59.9 Å². The van der Waals surface area contributed by atoms with Crippen LogP contribution in [0.1, 0.15) is 23.2 Å². The quantitative estimate of drug-likeness (QED) is 0.730. The lowest BCUT2D eigenvalue weighted by molar-refractivity contribution is 0.0793. The first-order chi connectivity index (χ1) is 12.2. The second-order valence-electron chi connectivity index (χ2n) is 6.01. The van der Waals surface area contributed by atoms with Gasteiger partial charge in [0.05, 0.1) is 0 Å². The predicted molar refractivity (Wildman–Crippen MR) is 90.3 cm³/mol. The lowest BCUT2D eigenvalue weighted by Crippen LogP contribution is -2.27. The minimum atomic E-state index is -0.323. The summed E-state index contributed by atoms with van der Waals surface area (Å²) in [6, 6.07) is 13.1. The molecule has 1 aromatic heterocycles.